The lowest BCUT2D eigenvalue weighted by atomic mass is 10.1. The third-order valence-electron chi connectivity index (χ3n) is 5.75. The predicted molar refractivity (Wildman–Crippen MR) is 146 cm³/mol. The highest BCUT2D eigenvalue weighted by molar-refractivity contribution is 8.18. The normalized spacial score (nSPS) is 14.5. The summed E-state index contributed by atoms with van der Waals surface area (Å²) in [6.45, 7) is 0.148. The molecule has 7 nitrogen and oxygen atoms in total. The number of carbonyl (C=O) groups excluding carboxylic acids is 3. The predicted octanol–water partition coefficient (Wildman–Crippen LogP) is 7.34. The molecule has 0 bridgehead atoms. The SMILES string of the molecule is COC(=O)c1ccc(CN2C(=O)S/C(=C/c3cc(Cl)c(OCc4ccc5ccccc5c4)c(Cl)c3)C2=O)o1. The lowest BCUT2D eigenvalue weighted by Crippen LogP contribution is -2.27. The maximum atomic E-state index is 12.9. The third-order valence-corrected chi connectivity index (χ3v) is 7.22. The van der Waals surface area contributed by atoms with E-state index < -0.39 is 17.1 Å². The van der Waals surface area contributed by atoms with E-state index in [9.17, 15) is 14.4 Å². The lowest BCUT2D eigenvalue weighted by molar-refractivity contribution is -0.123. The molecule has 0 unspecified atom stereocenters. The Bertz CT molecular complexity index is 1590. The van der Waals surface area contributed by atoms with Crippen LogP contribution in [0.1, 0.15) is 27.4 Å². The summed E-state index contributed by atoms with van der Waals surface area (Å²) in [5, 5.41) is 2.32. The molecule has 1 aliphatic rings. The van der Waals surface area contributed by atoms with Crippen molar-refractivity contribution < 1.29 is 28.3 Å². The monoisotopic (exact) mass is 567 g/mol. The zero-order valence-corrected chi connectivity index (χ0v) is 22.2. The molecule has 0 radical (unpaired) electrons. The molecule has 10 heteroatoms. The first kappa shape index (κ1) is 25.9. The zero-order valence-electron chi connectivity index (χ0n) is 19.9. The highest BCUT2D eigenvalue weighted by atomic mass is 35.5. The molecule has 3 aromatic carbocycles. The summed E-state index contributed by atoms with van der Waals surface area (Å²) in [6, 6.07) is 20.2. The number of halogens is 2. The summed E-state index contributed by atoms with van der Waals surface area (Å²) in [5.41, 5.74) is 1.50. The fraction of sp³-hybridized carbons (Fsp3) is 0.107. The number of furan rings is 1. The van der Waals surface area contributed by atoms with Crippen LogP contribution in [0.5, 0.6) is 5.75 Å². The Morgan fingerprint density at radius 3 is 2.47 bits per heavy atom. The van der Waals surface area contributed by atoms with E-state index >= 15 is 0 Å². The summed E-state index contributed by atoms with van der Waals surface area (Å²) in [4.78, 5) is 38.2. The van der Waals surface area contributed by atoms with Crippen LogP contribution in [0.2, 0.25) is 10.0 Å². The number of nitrogens with zero attached hydrogens (tertiary/aromatic N) is 1. The van der Waals surface area contributed by atoms with Crippen molar-refractivity contribution >= 4 is 68.9 Å². The molecule has 2 heterocycles. The highest BCUT2D eigenvalue weighted by Crippen LogP contribution is 2.38. The van der Waals surface area contributed by atoms with E-state index in [1.807, 2.05) is 42.5 Å². The first-order valence-electron chi connectivity index (χ1n) is 11.3. The van der Waals surface area contributed by atoms with Gasteiger partial charge < -0.3 is 13.9 Å². The molecule has 1 aromatic heterocycles. The van der Waals surface area contributed by atoms with Crippen molar-refractivity contribution in [3.8, 4) is 5.75 Å². The van der Waals surface area contributed by atoms with Gasteiger partial charge in [-0.2, -0.15) is 0 Å². The van der Waals surface area contributed by atoms with Crippen LogP contribution in [0.25, 0.3) is 16.8 Å². The van der Waals surface area contributed by atoms with Gasteiger partial charge in [0, 0.05) is 0 Å². The van der Waals surface area contributed by atoms with Gasteiger partial charge in [-0.05, 0) is 70.1 Å². The van der Waals surface area contributed by atoms with Crippen LogP contribution in [0.4, 0.5) is 4.79 Å². The quantitative estimate of drug-likeness (QED) is 0.170. The highest BCUT2D eigenvalue weighted by Gasteiger charge is 2.36. The van der Waals surface area contributed by atoms with Crippen LogP contribution in [0, 0.1) is 0 Å². The molecular weight excluding hydrogens is 549 g/mol. The van der Waals surface area contributed by atoms with Gasteiger partial charge in [-0.3, -0.25) is 14.5 Å². The molecule has 38 heavy (non-hydrogen) atoms. The topological polar surface area (TPSA) is 86.0 Å². The molecule has 1 aliphatic heterocycles. The summed E-state index contributed by atoms with van der Waals surface area (Å²) >= 11 is 13.7. The van der Waals surface area contributed by atoms with E-state index in [0.29, 0.717) is 11.3 Å². The summed E-state index contributed by atoms with van der Waals surface area (Å²) < 4.78 is 15.9. The van der Waals surface area contributed by atoms with Crippen molar-refractivity contribution in [2.24, 2.45) is 0 Å². The van der Waals surface area contributed by atoms with Crippen LogP contribution in [-0.4, -0.2) is 29.1 Å². The van der Waals surface area contributed by atoms with Gasteiger partial charge in [-0.25, -0.2) is 4.79 Å². The minimum Gasteiger partial charge on any atom is -0.486 e. The van der Waals surface area contributed by atoms with Gasteiger partial charge in [0.1, 0.15) is 12.4 Å². The number of methoxy groups -OCH3 is 1. The lowest BCUT2D eigenvalue weighted by Gasteiger charge is -2.12. The molecule has 0 aliphatic carbocycles. The average Bonchev–Trinajstić information content (AvgIpc) is 3.48. The van der Waals surface area contributed by atoms with E-state index in [0.717, 1.165) is 33.0 Å². The van der Waals surface area contributed by atoms with Crippen LogP contribution in [0.3, 0.4) is 0 Å². The minimum atomic E-state index is -0.649. The second-order valence-electron chi connectivity index (χ2n) is 8.31. The summed E-state index contributed by atoms with van der Waals surface area (Å²) in [7, 11) is 1.23. The maximum Gasteiger partial charge on any atom is 0.373 e. The van der Waals surface area contributed by atoms with Crippen LogP contribution in [-0.2, 0) is 22.7 Å². The van der Waals surface area contributed by atoms with Gasteiger partial charge >= 0.3 is 5.97 Å². The molecule has 0 atom stereocenters. The summed E-state index contributed by atoms with van der Waals surface area (Å²) in [5.74, 6) is -0.570. The number of hydrogen-bond donors (Lipinski definition) is 0. The number of hydrogen-bond acceptors (Lipinski definition) is 7. The largest absolute Gasteiger partial charge is 0.486 e. The molecule has 1 saturated heterocycles. The van der Waals surface area contributed by atoms with Gasteiger partial charge in [-0.1, -0.05) is 59.6 Å². The molecule has 4 aromatic rings. The van der Waals surface area contributed by atoms with E-state index in [1.54, 1.807) is 12.1 Å². The number of thioether (sulfide) groups is 1. The van der Waals surface area contributed by atoms with Crippen molar-refractivity contribution in [1.82, 2.24) is 4.90 Å². The van der Waals surface area contributed by atoms with E-state index in [4.69, 9.17) is 32.4 Å². The van der Waals surface area contributed by atoms with Crippen LogP contribution < -0.4 is 4.74 Å². The number of esters is 1. The Kier molecular flexibility index (Phi) is 7.46. The minimum absolute atomic E-state index is 0.0165. The van der Waals surface area contributed by atoms with Crippen LogP contribution >= 0.6 is 35.0 Å². The Labute approximate surface area is 231 Å². The average molecular weight is 568 g/mol. The molecule has 1 fully saturated rings. The molecule has 0 spiro atoms. The Hall–Kier alpha value is -3.72. The Balaban J connectivity index is 1.29. The van der Waals surface area contributed by atoms with E-state index in [2.05, 4.69) is 4.74 Å². The second-order valence-corrected chi connectivity index (χ2v) is 10.1. The molecule has 2 amide bonds. The number of ether oxygens (including phenoxy) is 2. The van der Waals surface area contributed by atoms with Gasteiger partial charge in [0.15, 0.2) is 5.75 Å². The van der Waals surface area contributed by atoms with Crippen molar-refractivity contribution in [1.29, 1.82) is 0 Å². The van der Waals surface area contributed by atoms with Crippen molar-refractivity contribution in [3.63, 3.8) is 0 Å². The smallest absolute Gasteiger partial charge is 0.373 e. The summed E-state index contributed by atoms with van der Waals surface area (Å²) in [6.07, 6.45) is 1.54. The Morgan fingerprint density at radius 1 is 1.00 bits per heavy atom. The first-order valence-corrected chi connectivity index (χ1v) is 12.9. The van der Waals surface area contributed by atoms with Crippen LogP contribution in [0.15, 0.2) is 76.1 Å². The Morgan fingerprint density at radius 2 is 1.74 bits per heavy atom. The van der Waals surface area contributed by atoms with Gasteiger partial charge in [0.25, 0.3) is 11.1 Å². The molecule has 0 N–H and O–H groups in total. The third kappa shape index (κ3) is 5.43. The number of carbonyl (C=O) groups is 3. The standard InChI is InChI=1S/C28H19Cl2NO6S/c1-35-27(33)23-9-8-20(37-23)14-31-26(32)24(38-28(31)34)13-17-11-21(29)25(22(30)12-17)36-15-16-6-7-18-4-2-3-5-19(18)10-16/h2-13H,14-15H2,1H3/b24-13+. The molecular formula is C28H19Cl2NO6S. The van der Waals surface area contributed by atoms with Crippen molar-refractivity contribution in [2.75, 3.05) is 7.11 Å². The number of imide groups is 1. The van der Waals surface area contributed by atoms with Crippen molar-refractivity contribution in [2.45, 2.75) is 13.2 Å². The second kappa shape index (κ2) is 10.9. The van der Waals surface area contributed by atoms with Gasteiger partial charge in [0.05, 0.1) is 28.6 Å². The number of fused-ring (bicyclic) bond motifs is 1. The number of rotatable bonds is 7. The molecule has 192 valence electrons. The number of benzene rings is 3. The van der Waals surface area contributed by atoms with E-state index in [1.165, 1.54) is 25.3 Å². The van der Waals surface area contributed by atoms with Crippen molar-refractivity contribution in [3.05, 3.63) is 104 Å². The van der Waals surface area contributed by atoms with E-state index in [-0.39, 0.29) is 39.6 Å². The molecule has 0 saturated carbocycles. The van der Waals surface area contributed by atoms with Gasteiger partial charge in [-0.15, -0.1) is 0 Å². The maximum absolute atomic E-state index is 12.9. The zero-order chi connectivity index (χ0) is 26.8. The molecule has 5 rings (SSSR count). The van der Waals surface area contributed by atoms with Gasteiger partial charge in [0.2, 0.25) is 5.76 Å². The fourth-order valence-electron chi connectivity index (χ4n) is 3.90. The first-order chi connectivity index (χ1) is 18.3. The number of amides is 2. The fourth-order valence-corrected chi connectivity index (χ4v) is 5.35.